The van der Waals surface area contributed by atoms with Gasteiger partial charge in [-0.05, 0) is 58.2 Å². The van der Waals surface area contributed by atoms with Crippen LogP contribution in [0.4, 0.5) is 8.78 Å². The summed E-state index contributed by atoms with van der Waals surface area (Å²) < 4.78 is 63.3. The molecule has 1 aromatic rings. The number of hydrogen-bond acceptors (Lipinski definition) is 4. The SMILES string of the molecule is C=C/C(=C\C=C/C)[C@H]1CC[C@H](C)N(Cc2cc(F)c(C(C)(C)OCC(N)=O)cc2F)S1(=O)=O. The van der Waals surface area contributed by atoms with Crippen molar-refractivity contribution in [3.8, 4) is 0 Å². The summed E-state index contributed by atoms with van der Waals surface area (Å²) in [5, 5.41) is -0.810. The number of halogens is 2. The van der Waals surface area contributed by atoms with Crippen LogP contribution in [0, 0.1) is 11.6 Å². The van der Waals surface area contributed by atoms with Crippen molar-refractivity contribution in [3.63, 3.8) is 0 Å². The molecule has 0 bridgehead atoms. The third-order valence-corrected chi connectivity index (χ3v) is 8.17. The average Bonchev–Trinajstić information content (AvgIpc) is 2.73. The predicted molar refractivity (Wildman–Crippen MR) is 125 cm³/mol. The summed E-state index contributed by atoms with van der Waals surface area (Å²) >= 11 is 0. The molecule has 0 saturated carbocycles. The molecular weight excluding hydrogens is 450 g/mol. The highest BCUT2D eigenvalue weighted by Crippen LogP contribution is 2.34. The van der Waals surface area contributed by atoms with Crippen LogP contribution in [0.3, 0.4) is 0 Å². The van der Waals surface area contributed by atoms with Crippen LogP contribution in [0.25, 0.3) is 0 Å². The van der Waals surface area contributed by atoms with Gasteiger partial charge in [0.1, 0.15) is 23.5 Å². The molecular formula is C24H32F2N2O4S. The summed E-state index contributed by atoms with van der Waals surface area (Å²) in [6, 6.07) is 1.58. The van der Waals surface area contributed by atoms with Gasteiger partial charge < -0.3 is 10.5 Å². The summed E-state index contributed by atoms with van der Waals surface area (Å²) in [6.45, 7) is 9.52. The molecule has 0 spiro atoms. The van der Waals surface area contributed by atoms with E-state index in [1.165, 1.54) is 24.2 Å². The molecule has 1 saturated heterocycles. The summed E-state index contributed by atoms with van der Waals surface area (Å²) in [6.07, 6.45) is 7.72. The third-order valence-electron chi connectivity index (χ3n) is 5.80. The maximum absolute atomic E-state index is 15.0. The molecule has 1 aliphatic rings. The normalized spacial score (nSPS) is 21.9. The molecule has 1 amide bonds. The zero-order chi connectivity index (χ0) is 25.0. The second-order valence-corrected chi connectivity index (χ2v) is 10.7. The van der Waals surface area contributed by atoms with Gasteiger partial charge in [0.15, 0.2) is 0 Å². The maximum Gasteiger partial charge on any atom is 0.243 e. The Kier molecular flexibility index (Phi) is 8.73. The molecule has 0 unspecified atom stereocenters. The molecule has 6 nitrogen and oxygen atoms in total. The van der Waals surface area contributed by atoms with Crippen LogP contribution in [0.1, 0.15) is 51.7 Å². The Balaban J connectivity index is 2.39. The first-order chi connectivity index (χ1) is 15.3. The Morgan fingerprint density at radius 2 is 1.97 bits per heavy atom. The van der Waals surface area contributed by atoms with E-state index in [1.807, 2.05) is 6.92 Å². The minimum Gasteiger partial charge on any atom is -0.368 e. The van der Waals surface area contributed by atoms with E-state index >= 15 is 4.39 Å². The summed E-state index contributed by atoms with van der Waals surface area (Å²) in [7, 11) is -3.85. The van der Waals surface area contributed by atoms with Crippen LogP contribution in [0.5, 0.6) is 0 Å². The summed E-state index contributed by atoms with van der Waals surface area (Å²) in [5.74, 6) is -2.26. The first-order valence-corrected chi connectivity index (χ1v) is 12.2. The molecule has 1 fully saturated rings. The number of hydrogen-bond donors (Lipinski definition) is 1. The second kappa shape index (κ2) is 10.7. The van der Waals surface area contributed by atoms with Gasteiger partial charge in [0.2, 0.25) is 15.9 Å². The van der Waals surface area contributed by atoms with E-state index in [0.29, 0.717) is 18.4 Å². The largest absolute Gasteiger partial charge is 0.368 e. The number of rotatable bonds is 9. The van der Waals surface area contributed by atoms with Crippen LogP contribution in [-0.4, -0.2) is 36.5 Å². The molecule has 0 aliphatic carbocycles. The van der Waals surface area contributed by atoms with Gasteiger partial charge in [-0.15, -0.1) is 0 Å². The minimum atomic E-state index is -3.85. The van der Waals surface area contributed by atoms with Crippen molar-refractivity contribution in [3.05, 3.63) is 71.4 Å². The lowest BCUT2D eigenvalue weighted by molar-refractivity contribution is -0.128. The van der Waals surface area contributed by atoms with Crippen molar-refractivity contribution in [2.24, 2.45) is 5.73 Å². The molecule has 2 N–H and O–H groups in total. The van der Waals surface area contributed by atoms with Crippen molar-refractivity contribution in [2.75, 3.05) is 6.61 Å². The minimum absolute atomic E-state index is 0.0874. The predicted octanol–water partition coefficient (Wildman–Crippen LogP) is 4.07. The highest BCUT2D eigenvalue weighted by molar-refractivity contribution is 7.90. The zero-order valence-electron chi connectivity index (χ0n) is 19.5. The summed E-state index contributed by atoms with van der Waals surface area (Å²) in [5.41, 5.74) is 4.13. The Hall–Kier alpha value is -2.36. The number of amides is 1. The molecule has 1 aromatic carbocycles. The third kappa shape index (κ3) is 6.16. The lowest BCUT2D eigenvalue weighted by atomic mass is 9.95. The number of carbonyl (C=O) groups excluding carboxylic acids is 1. The van der Waals surface area contributed by atoms with Crippen LogP contribution in [-0.2, 0) is 31.7 Å². The van der Waals surface area contributed by atoms with Crippen molar-refractivity contribution < 1.29 is 26.7 Å². The van der Waals surface area contributed by atoms with Gasteiger partial charge in [-0.3, -0.25) is 4.79 Å². The van der Waals surface area contributed by atoms with Crippen LogP contribution in [0.15, 0.2) is 48.6 Å². The van der Waals surface area contributed by atoms with E-state index in [2.05, 4.69) is 6.58 Å². The molecule has 0 radical (unpaired) electrons. The van der Waals surface area contributed by atoms with E-state index in [9.17, 15) is 17.6 Å². The number of nitrogens with two attached hydrogens (primary N) is 1. The van der Waals surface area contributed by atoms with E-state index < -0.39 is 45.0 Å². The Morgan fingerprint density at radius 1 is 1.30 bits per heavy atom. The number of allylic oxidation sites excluding steroid dienone is 4. The van der Waals surface area contributed by atoms with Gasteiger partial charge in [-0.1, -0.05) is 30.9 Å². The number of nitrogens with zero attached hydrogens (tertiary/aromatic N) is 1. The van der Waals surface area contributed by atoms with Gasteiger partial charge >= 0.3 is 0 Å². The molecule has 0 aromatic heterocycles. The monoisotopic (exact) mass is 482 g/mol. The van der Waals surface area contributed by atoms with Gasteiger partial charge in [0, 0.05) is 23.7 Å². The van der Waals surface area contributed by atoms with Crippen LogP contribution >= 0.6 is 0 Å². The molecule has 1 aliphatic heterocycles. The average molecular weight is 483 g/mol. The highest BCUT2D eigenvalue weighted by atomic mass is 32.2. The molecule has 1 heterocycles. The van der Waals surface area contributed by atoms with Crippen LogP contribution in [0.2, 0.25) is 0 Å². The fourth-order valence-corrected chi connectivity index (χ4v) is 6.07. The van der Waals surface area contributed by atoms with Crippen LogP contribution < -0.4 is 5.73 Å². The van der Waals surface area contributed by atoms with E-state index in [1.54, 1.807) is 25.2 Å². The quantitative estimate of drug-likeness (QED) is 0.537. The molecule has 182 valence electrons. The van der Waals surface area contributed by atoms with E-state index in [4.69, 9.17) is 10.5 Å². The summed E-state index contributed by atoms with van der Waals surface area (Å²) in [4.78, 5) is 11.0. The number of carbonyl (C=O) groups is 1. The second-order valence-electron chi connectivity index (χ2n) is 8.59. The fourth-order valence-electron chi connectivity index (χ4n) is 3.87. The number of primary amides is 1. The van der Waals surface area contributed by atoms with E-state index in [-0.39, 0.29) is 23.7 Å². The molecule has 2 atom stereocenters. The first-order valence-electron chi connectivity index (χ1n) is 10.7. The van der Waals surface area contributed by atoms with Gasteiger partial charge in [-0.2, -0.15) is 4.31 Å². The van der Waals surface area contributed by atoms with Crippen molar-refractivity contribution in [1.82, 2.24) is 4.31 Å². The highest BCUT2D eigenvalue weighted by Gasteiger charge is 2.41. The Bertz CT molecular complexity index is 1060. The smallest absolute Gasteiger partial charge is 0.243 e. The molecule has 2 rings (SSSR count). The fraction of sp³-hybridized carbons (Fsp3) is 0.458. The van der Waals surface area contributed by atoms with Gasteiger partial charge in [0.25, 0.3) is 0 Å². The van der Waals surface area contributed by atoms with Gasteiger partial charge in [-0.25, -0.2) is 17.2 Å². The molecule has 9 heteroatoms. The molecule has 33 heavy (non-hydrogen) atoms. The topological polar surface area (TPSA) is 89.7 Å². The number of benzene rings is 1. The standard InChI is InChI=1S/C24H32F2N2O4S/c1-6-8-9-17(7-2)22-11-10-16(3)28(33(22,30)31)14-18-12-21(26)19(13-20(18)25)24(4,5)32-15-23(27)29/h6-9,12-13,16,22H,2,10-11,14-15H2,1,3-5H3,(H2,27,29)/b8-6-,17-9+/t16-,22+/m0/s1. The lowest BCUT2D eigenvalue weighted by Crippen LogP contribution is -2.48. The zero-order valence-corrected chi connectivity index (χ0v) is 20.3. The van der Waals surface area contributed by atoms with E-state index in [0.717, 1.165) is 12.1 Å². The van der Waals surface area contributed by atoms with Crippen molar-refractivity contribution in [2.45, 2.75) is 64.0 Å². The van der Waals surface area contributed by atoms with Crippen molar-refractivity contribution in [1.29, 1.82) is 0 Å². The number of sulfonamides is 1. The lowest BCUT2D eigenvalue weighted by Gasteiger charge is -2.38. The number of ether oxygens (including phenoxy) is 1. The van der Waals surface area contributed by atoms with Gasteiger partial charge in [0.05, 0.1) is 5.60 Å². The van der Waals surface area contributed by atoms with Crippen molar-refractivity contribution >= 4 is 15.9 Å². The Labute approximate surface area is 194 Å². The maximum atomic E-state index is 15.0. The first kappa shape index (κ1) is 26.9. The Morgan fingerprint density at radius 3 is 2.55 bits per heavy atom.